The van der Waals surface area contributed by atoms with E-state index >= 15 is 0 Å². The van der Waals surface area contributed by atoms with E-state index < -0.39 is 0 Å². The van der Waals surface area contributed by atoms with Gasteiger partial charge < -0.3 is 9.72 Å². The number of H-pyrrole nitrogens is 1. The van der Waals surface area contributed by atoms with E-state index in [4.69, 9.17) is 10.00 Å². The van der Waals surface area contributed by atoms with Crippen molar-refractivity contribution in [2.75, 3.05) is 26.3 Å². The van der Waals surface area contributed by atoms with E-state index in [0.717, 1.165) is 51.1 Å². The molecule has 2 heterocycles. The third-order valence-electron chi connectivity index (χ3n) is 7.25. The van der Waals surface area contributed by atoms with Gasteiger partial charge in [-0.3, -0.25) is 9.69 Å². The van der Waals surface area contributed by atoms with Crippen LogP contribution in [0, 0.1) is 16.7 Å². The number of hydrogen-bond donors (Lipinski definition) is 1. The van der Waals surface area contributed by atoms with Crippen molar-refractivity contribution in [3.63, 3.8) is 0 Å². The summed E-state index contributed by atoms with van der Waals surface area (Å²) in [6.45, 7) is 12.5. The Morgan fingerprint density at radius 3 is 2.70 bits per heavy atom. The van der Waals surface area contributed by atoms with Gasteiger partial charge in [-0.2, -0.15) is 5.26 Å². The number of nitrogens with one attached hydrogen (secondary N) is 1. The number of allylic oxidation sites excluding steroid dienone is 2. The Morgan fingerprint density at radius 1 is 1.30 bits per heavy atom. The smallest absolute Gasteiger partial charge is 0.202 e. The number of rotatable bonds is 6. The van der Waals surface area contributed by atoms with Crippen LogP contribution >= 0.6 is 0 Å². The number of morpholine rings is 1. The second-order valence-corrected chi connectivity index (χ2v) is 10.5. The second-order valence-electron chi connectivity index (χ2n) is 10.5. The molecule has 1 aliphatic heterocycles. The van der Waals surface area contributed by atoms with E-state index in [1.165, 1.54) is 22.9 Å². The van der Waals surface area contributed by atoms with Crippen molar-refractivity contribution < 1.29 is 9.53 Å². The molecule has 0 spiro atoms. The van der Waals surface area contributed by atoms with Gasteiger partial charge in [-0.1, -0.05) is 32.1 Å². The quantitative estimate of drug-likeness (QED) is 0.640. The molecule has 1 aromatic carbocycles. The third-order valence-corrected chi connectivity index (χ3v) is 7.25. The maximum atomic E-state index is 13.0. The van der Waals surface area contributed by atoms with Gasteiger partial charge in [-0.15, -0.1) is 0 Å². The number of carbonyl (C=O) groups excluding carboxylic acids is 1. The molecule has 174 valence electrons. The number of nitrogens with zero attached hydrogens (tertiary/aromatic N) is 3. The van der Waals surface area contributed by atoms with E-state index in [-0.39, 0.29) is 23.6 Å². The first kappa shape index (κ1) is 23.4. The molecule has 1 N–H and O–H groups in total. The summed E-state index contributed by atoms with van der Waals surface area (Å²) >= 11 is 0. The van der Waals surface area contributed by atoms with Crippen molar-refractivity contribution in [1.82, 2.24) is 14.9 Å². The normalized spacial score (nSPS) is 19.1. The average Bonchev–Trinajstić information content (AvgIpc) is 3.30. The van der Waals surface area contributed by atoms with Crippen molar-refractivity contribution in [1.29, 1.82) is 5.26 Å². The lowest BCUT2D eigenvalue weighted by Crippen LogP contribution is -2.48. The summed E-state index contributed by atoms with van der Waals surface area (Å²) in [7, 11) is 0. The first-order valence-electron chi connectivity index (χ1n) is 11.8. The van der Waals surface area contributed by atoms with Gasteiger partial charge in [0.15, 0.2) is 5.82 Å². The number of ketones is 1. The molecule has 6 heteroatoms. The molecule has 6 nitrogen and oxygen atoms in total. The van der Waals surface area contributed by atoms with Gasteiger partial charge in [0.05, 0.1) is 19.4 Å². The zero-order valence-electron chi connectivity index (χ0n) is 20.2. The summed E-state index contributed by atoms with van der Waals surface area (Å²) in [6.07, 6.45) is 7.21. The first-order valence-corrected chi connectivity index (χ1v) is 11.8. The minimum absolute atomic E-state index is 0.102. The largest absolute Gasteiger partial charge is 0.379 e. The highest BCUT2D eigenvalue weighted by Crippen LogP contribution is 2.40. The minimum atomic E-state index is -0.127. The second kappa shape index (κ2) is 9.24. The van der Waals surface area contributed by atoms with Gasteiger partial charge in [-0.05, 0) is 66.9 Å². The van der Waals surface area contributed by atoms with Gasteiger partial charge in [0.1, 0.15) is 11.8 Å². The predicted molar refractivity (Wildman–Crippen MR) is 129 cm³/mol. The number of aromatic nitrogens is 2. The lowest BCUT2D eigenvalue weighted by Gasteiger charge is -2.41. The maximum absolute atomic E-state index is 13.0. The molecule has 2 aliphatic rings. The fourth-order valence-corrected chi connectivity index (χ4v) is 4.81. The standard InChI is InChI=1S/C27H34N4O2/c1-26(2)9-7-19(8-10-26)23-16-21(27(3,4)31-11-13-33-14-12-31)6-5-20(23)15-24(32)25-29-18-22(17-28)30-25/h5-7,16,18H,8-15H2,1-4H3,(H,29,30). The number of aromatic amines is 1. The van der Waals surface area contributed by atoms with E-state index in [1.807, 2.05) is 6.07 Å². The molecule has 0 radical (unpaired) electrons. The molecule has 4 rings (SSSR count). The Hall–Kier alpha value is -2.75. The van der Waals surface area contributed by atoms with Crippen molar-refractivity contribution in [3.05, 3.63) is 58.7 Å². The van der Waals surface area contributed by atoms with Crippen LogP contribution in [-0.4, -0.2) is 47.0 Å². The molecule has 0 bridgehead atoms. The number of Topliss-reactive ketones (excluding diaryl/α,β-unsaturated/α-hetero) is 1. The minimum Gasteiger partial charge on any atom is -0.379 e. The summed E-state index contributed by atoms with van der Waals surface area (Å²) in [5.74, 6) is 0.142. The molecule has 0 amide bonds. The van der Waals surface area contributed by atoms with Gasteiger partial charge >= 0.3 is 0 Å². The molecular formula is C27H34N4O2. The summed E-state index contributed by atoms with van der Waals surface area (Å²) in [5, 5.41) is 9.04. The van der Waals surface area contributed by atoms with Crippen LogP contribution in [-0.2, 0) is 16.7 Å². The van der Waals surface area contributed by atoms with Crippen LogP contribution in [0.1, 0.15) is 80.0 Å². The lowest BCUT2D eigenvalue weighted by atomic mass is 9.75. The van der Waals surface area contributed by atoms with Crippen LogP contribution < -0.4 is 0 Å². The zero-order valence-corrected chi connectivity index (χ0v) is 20.2. The number of benzene rings is 1. The average molecular weight is 447 g/mol. The van der Waals surface area contributed by atoms with Gasteiger partial charge in [0.25, 0.3) is 0 Å². The molecular weight excluding hydrogens is 412 g/mol. The Kier molecular flexibility index (Phi) is 6.56. The lowest BCUT2D eigenvalue weighted by molar-refractivity contribution is -0.0118. The van der Waals surface area contributed by atoms with Gasteiger partial charge in [0, 0.05) is 25.0 Å². The summed E-state index contributed by atoms with van der Waals surface area (Å²) < 4.78 is 5.57. The zero-order chi connectivity index (χ0) is 23.6. The van der Waals surface area contributed by atoms with Gasteiger partial charge in [0.2, 0.25) is 5.78 Å². The van der Waals surface area contributed by atoms with Crippen LogP contribution in [0.2, 0.25) is 0 Å². The van der Waals surface area contributed by atoms with Crippen molar-refractivity contribution >= 4 is 11.4 Å². The Morgan fingerprint density at radius 2 is 2.06 bits per heavy atom. The Bertz CT molecular complexity index is 1100. The molecule has 1 aromatic heterocycles. The van der Waals surface area contributed by atoms with E-state index in [1.54, 1.807) is 0 Å². The number of hydrogen-bond acceptors (Lipinski definition) is 5. The van der Waals surface area contributed by atoms with Crippen LogP contribution in [0.15, 0.2) is 30.5 Å². The molecule has 1 fully saturated rings. The molecule has 1 saturated heterocycles. The summed E-state index contributed by atoms with van der Waals surface area (Å²) in [6, 6.07) is 8.57. The first-order chi connectivity index (χ1) is 15.7. The highest BCUT2D eigenvalue weighted by Gasteiger charge is 2.31. The van der Waals surface area contributed by atoms with Gasteiger partial charge in [-0.25, -0.2) is 4.98 Å². The molecule has 0 atom stereocenters. The molecule has 33 heavy (non-hydrogen) atoms. The summed E-state index contributed by atoms with van der Waals surface area (Å²) in [5.41, 5.74) is 5.26. The SMILES string of the molecule is CC1(C)CC=C(c2cc(C(C)(C)N3CCOCC3)ccc2CC(=O)c2ncc(C#N)[nH]2)CC1. The van der Waals surface area contributed by atoms with Crippen LogP contribution in [0.3, 0.4) is 0 Å². The monoisotopic (exact) mass is 446 g/mol. The predicted octanol–water partition coefficient (Wildman–Crippen LogP) is 4.87. The number of carbonyl (C=O) groups is 1. The Labute approximate surface area is 196 Å². The topological polar surface area (TPSA) is 82.0 Å². The van der Waals surface area contributed by atoms with Crippen molar-refractivity contribution in [2.24, 2.45) is 5.41 Å². The van der Waals surface area contributed by atoms with Crippen LogP contribution in [0.5, 0.6) is 0 Å². The third kappa shape index (κ3) is 5.10. The maximum Gasteiger partial charge on any atom is 0.202 e. The fraction of sp³-hybridized carbons (Fsp3) is 0.519. The van der Waals surface area contributed by atoms with E-state index in [0.29, 0.717) is 11.1 Å². The number of ether oxygens (including phenoxy) is 1. The van der Waals surface area contributed by atoms with Crippen molar-refractivity contribution in [2.45, 2.75) is 58.9 Å². The Balaban J connectivity index is 1.69. The van der Waals surface area contributed by atoms with E-state index in [2.05, 4.69) is 66.8 Å². The number of imidazole rings is 1. The highest BCUT2D eigenvalue weighted by molar-refractivity contribution is 5.95. The summed E-state index contributed by atoms with van der Waals surface area (Å²) in [4.78, 5) is 22.4. The molecule has 0 unspecified atom stereocenters. The molecule has 0 saturated carbocycles. The number of nitriles is 1. The fourth-order valence-electron chi connectivity index (χ4n) is 4.81. The van der Waals surface area contributed by atoms with Crippen molar-refractivity contribution in [3.8, 4) is 6.07 Å². The van der Waals surface area contributed by atoms with Crippen LogP contribution in [0.25, 0.3) is 5.57 Å². The molecule has 1 aliphatic carbocycles. The molecule has 2 aromatic rings. The van der Waals surface area contributed by atoms with Crippen LogP contribution in [0.4, 0.5) is 0 Å². The highest BCUT2D eigenvalue weighted by atomic mass is 16.5. The van der Waals surface area contributed by atoms with E-state index in [9.17, 15) is 4.79 Å².